The first-order valence-electron chi connectivity index (χ1n) is 6.78. The third-order valence-electron chi connectivity index (χ3n) is 3.10. The van der Waals surface area contributed by atoms with Crippen molar-refractivity contribution in [1.29, 1.82) is 0 Å². The summed E-state index contributed by atoms with van der Waals surface area (Å²) in [6, 6.07) is 7.42. The van der Waals surface area contributed by atoms with Crippen molar-refractivity contribution >= 4 is 28.8 Å². The van der Waals surface area contributed by atoms with Gasteiger partial charge in [0.2, 0.25) is 0 Å². The van der Waals surface area contributed by atoms with Crippen molar-refractivity contribution in [3.05, 3.63) is 51.2 Å². The standard InChI is InChI=1S/C16H18ClNO2S/c1-11-9-14(17)3-4-15(11)20-12(2)16(19)18-7-5-13-6-8-21-10-13/h3-4,6,8-10,12H,5,7H2,1-2H3,(H,18,19). The monoisotopic (exact) mass is 323 g/mol. The molecule has 3 nitrogen and oxygen atoms in total. The van der Waals surface area contributed by atoms with Gasteiger partial charge in [-0.2, -0.15) is 11.3 Å². The van der Waals surface area contributed by atoms with Gasteiger partial charge in [-0.1, -0.05) is 11.6 Å². The Bertz CT molecular complexity index is 598. The fourth-order valence-electron chi connectivity index (χ4n) is 1.90. The molecule has 0 fully saturated rings. The molecule has 0 saturated heterocycles. The van der Waals surface area contributed by atoms with Gasteiger partial charge in [-0.05, 0) is 66.4 Å². The minimum atomic E-state index is -0.535. The van der Waals surface area contributed by atoms with E-state index in [1.165, 1.54) is 5.56 Å². The highest BCUT2D eigenvalue weighted by atomic mass is 35.5. The molecule has 5 heteroatoms. The fraction of sp³-hybridized carbons (Fsp3) is 0.312. The number of amides is 1. The maximum absolute atomic E-state index is 12.0. The number of aryl methyl sites for hydroxylation is 1. The van der Waals surface area contributed by atoms with Crippen molar-refractivity contribution in [2.24, 2.45) is 0 Å². The van der Waals surface area contributed by atoms with Crippen LogP contribution in [0.1, 0.15) is 18.1 Å². The summed E-state index contributed by atoms with van der Waals surface area (Å²) in [7, 11) is 0. The Hall–Kier alpha value is -1.52. The van der Waals surface area contributed by atoms with Gasteiger partial charge in [0, 0.05) is 11.6 Å². The number of hydrogen-bond acceptors (Lipinski definition) is 3. The fourth-order valence-corrected chi connectivity index (χ4v) is 2.83. The summed E-state index contributed by atoms with van der Waals surface area (Å²) in [5.74, 6) is 0.569. The number of ether oxygens (including phenoxy) is 1. The summed E-state index contributed by atoms with van der Waals surface area (Å²) in [6.45, 7) is 4.26. The molecule has 1 atom stereocenters. The lowest BCUT2D eigenvalue weighted by Gasteiger charge is -2.16. The van der Waals surface area contributed by atoms with E-state index in [9.17, 15) is 4.79 Å². The van der Waals surface area contributed by atoms with Crippen molar-refractivity contribution in [1.82, 2.24) is 5.32 Å². The third kappa shape index (κ3) is 4.76. The van der Waals surface area contributed by atoms with Crippen LogP contribution in [0, 0.1) is 6.92 Å². The van der Waals surface area contributed by atoms with E-state index in [-0.39, 0.29) is 5.91 Å². The molecule has 1 unspecified atom stereocenters. The van der Waals surface area contributed by atoms with Crippen molar-refractivity contribution in [3.63, 3.8) is 0 Å². The van der Waals surface area contributed by atoms with E-state index in [0.717, 1.165) is 12.0 Å². The molecular weight excluding hydrogens is 306 g/mol. The van der Waals surface area contributed by atoms with E-state index in [4.69, 9.17) is 16.3 Å². The lowest BCUT2D eigenvalue weighted by molar-refractivity contribution is -0.127. The smallest absolute Gasteiger partial charge is 0.260 e. The second-order valence-corrected chi connectivity index (χ2v) is 6.06. The molecule has 112 valence electrons. The molecule has 1 amide bonds. The molecule has 1 aromatic carbocycles. The largest absolute Gasteiger partial charge is 0.481 e. The summed E-state index contributed by atoms with van der Waals surface area (Å²) < 4.78 is 5.68. The Morgan fingerprint density at radius 3 is 2.90 bits per heavy atom. The van der Waals surface area contributed by atoms with E-state index in [1.54, 1.807) is 30.4 Å². The van der Waals surface area contributed by atoms with Crippen LogP contribution in [-0.4, -0.2) is 18.6 Å². The van der Waals surface area contributed by atoms with Gasteiger partial charge in [0.1, 0.15) is 5.75 Å². The van der Waals surface area contributed by atoms with E-state index >= 15 is 0 Å². The summed E-state index contributed by atoms with van der Waals surface area (Å²) in [5, 5.41) is 7.67. The van der Waals surface area contributed by atoms with Crippen LogP contribution in [0.2, 0.25) is 5.02 Å². The highest BCUT2D eigenvalue weighted by molar-refractivity contribution is 7.07. The number of hydrogen-bond donors (Lipinski definition) is 1. The maximum atomic E-state index is 12.0. The number of benzene rings is 1. The second-order valence-electron chi connectivity index (χ2n) is 4.84. The Balaban J connectivity index is 1.81. The minimum Gasteiger partial charge on any atom is -0.481 e. The zero-order chi connectivity index (χ0) is 15.2. The van der Waals surface area contributed by atoms with E-state index in [0.29, 0.717) is 17.3 Å². The van der Waals surface area contributed by atoms with Gasteiger partial charge < -0.3 is 10.1 Å². The van der Waals surface area contributed by atoms with E-state index < -0.39 is 6.10 Å². The highest BCUT2D eigenvalue weighted by Crippen LogP contribution is 2.22. The number of thiophene rings is 1. The van der Waals surface area contributed by atoms with E-state index in [2.05, 4.69) is 16.8 Å². The molecule has 0 radical (unpaired) electrons. The summed E-state index contributed by atoms with van der Waals surface area (Å²) in [6.07, 6.45) is 0.300. The van der Waals surface area contributed by atoms with Crippen LogP contribution in [0.25, 0.3) is 0 Å². The Kier molecular flexibility index (Phi) is 5.65. The van der Waals surface area contributed by atoms with Crippen molar-refractivity contribution in [3.8, 4) is 5.75 Å². The minimum absolute atomic E-state index is 0.112. The molecule has 0 aliphatic rings. The molecule has 1 aromatic heterocycles. The summed E-state index contributed by atoms with van der Waals surface area (Å²) in [5.41, 5.74) is 2.16. The number of carbonyl (C=O) groups excluding carboxylic acids is 1. The Morgan fingerprint density at radius 2 is 2.24 bits per heavy atom. The summed E-state index contributed by atoms with van der Waals surface area (Å²) >= 11 is 7.56. The van der Waals surface area contributed by atoms with Gasteiger partial charge in [-0.15, -0.1) is 0 Å². The van der Waals surface area contributed by atoms with Gasteiger partial charge in [0.05, 0.1) is 0 Å². The van der Waals surface area contributed by atoms with Gasteiger partial charge >= 0.3 is 0 Å². The molecule has 0 bridgehead atoms. The first kappa shape index (κ1) is 15.9. The van der Waals surface area contributed by atoms with Crippen LogP contribution in [0.5, 0.6) is 5.75 Å². The SMILES string of the molecule is Cc1cc(Cl)ccc1OC(C)C(=O)NCCc1ccsc1. The molecule has 0 aliphatic carbocycles. The van der Waals surface area contributed by atoms with Crippen molar-refractivity contribution < 1.29 is 9.53 Å². The predicted octanol–water partition coefficient (Wildman–Crippen LogP) is 3.84. The third-order valence-corrected chi connectivity index (χ3v) is 4.07. The van der Waals surface area contributed by atoms with Gasteiger partial charge in [0.25, 0.3) is 5.91 Å². The zero-order valence-corrected chi connectivity index (χ0v) is 13.6. The Morgan fingerprint density at radius 1 is 1.43 bits per heavy atom. The molecule has 1 N–H and O–H groups in total. The van der Waals surface area contributed by atoms with E-state index in [1.807, 2.05) is 18.4 Å². The van der Waals surface area contributed by atoms with Crippen molar-refractivity contribution in [2.45, 2.75) is 26.4 Å². The van der Waals surface area contributed by atoms with Gasteiger partial charge in [-0.3, -0.25) is 4.79 Å². The van der Waals surface area contributed by atoms with Gasteiger partial charge in [0.15, 0.2) is 6.10 Å². The van der Waals surface area contributed by atoms with Crippen LogP contribution >= 0.6 is 22.9 Å². The number of nitrogens with one attached hydrogen (secondary N) is 1. The van der Waals surface area contributed by atoms with Crippen LogP contribution in [0.15, 0.2) is 35.0 Å². The first-order chi connectivity index (χ1) is 10.1. The summed E-state index contributed by atoms with van der Waals surface area (Å²) in [4.78, 5) is 12.0. The Labute approximate surface area is 133 Å². The first-order valence-corrected chi connectivity index (χ1v) is 8.10. The predicted molar refractivity (Wildman–Crippen MR) is 87.3 cm³/mol. The van der Waals surface area contributed by atoms with Gasteiger partial charge in [-0.25, -0.2) is 0 Å². The second kappa shape index (κ2) is 7.48. The quantitative estimate of drug-likeness (QED) is 0.877. The topological polar surface area (TPSA) is 38.3 Å². The van der Waals surface area contributed by atoms with Crippen LogP contribution in [0.4, 0.5) is 0 Å². The van der Waals surface area contributed by atoms with Crippen LogP contribution in [0.3, 0.4) is 0 Å². The molecular formula is C16H18ClNO2S. The molecule has 0 spiro atoms. The maximum Gasteiger partial charge on any atom is 0.260 e. The van der Waals surface area contributed by atoms with Crippen LogP contribution in [-0.2, 0) is 11.2 Å². The number of halogens is 1. The molecule has 0 saturated carbocycles. The zero-order valence-electron chi connectivity index (χ0n) is 12.1. The molecule has 2 aromatic rings. The highest BCUT2D eigenvalue weighted by Gasteiger charge is 2.15. The molecule has 0 aliphatic heterocycles. The normalized spacial score (nSPS) is 12.0. The molecule has 2 rings (SSSR count). The number of carbonyl (C=O) groups is 1. The molecule has 1 heterocycles. The van der Waals surface area contributed by atoms with Crippen molar-refractivity contribution in [2.75, 3.05) is 6.54 Å². The average molecular weight is 324 g/mol. The molecule has 21 heavy (non-hydrogen) atoms. The lowest BCUT2D eigenvalue weighted by atomic mass is 10.2. The number of rotatable bonds is 6. The average Bonchev–Trinajstić information content (AvgIpc) is 2.95. The lowest BCUT2D eigenvalue weighted by Crippen LogP contribution is -2.37. The van der Waals surface area contributed by atoms with Crippen LogP contribution < -0.4 is 10.1 Å².